The number of aromatic nitrogens is 6. The fourth-order valence-electron chi connectivity index (χ4n) is 11.6. The number of halogens is 3. The zero-order valence-electron chi connectivity index (χ0n) is 45.9. The number of rotatable bonds is 15. The van der Waals surface area contributed by atoms with Gasteiger partial charge in [0, 0.05) is 84.3 Å². The lowest BCUT2D eigenvalue weighted by atomic mass is 9.96. The van der Waals surface area contributed by atoms with Crippen molar-refractivity contribution in [1.82, 2.24) is 45.5 Å². The first kappa shape index (κ1) is 56.4. The molecule has 0 saturated carbocycles. The Labute approximate surface area is 488 Å². The Kier molecular flexibility index (Phi) is 16.9. The van der Waals surface area contributed by atoms with Crippen molar-refractivity contribution < 1.29 is 28.2 Å². The molecular formula is C61H63Cl2FN12O5S. The highest BCUT2D eigenvalue weighted by Crippen LogP contribution is 2.50. The van der Waals surface area contributed by atoms with E-state index < -0.39 is 11.9 Å². The number of nitrogens with two attached hydrogens (primary N) is 1. The van der Waals surface area contributed by atoms with Gasteiger partial charge in [0.15, 0.2) is 5.75 Å². The average Bonchev–Trinajstić information content (AvgIpc) is 4.43. The highest BCUT2D eigenvalue weighted by atomic mass is 35.5. The molecule has 4 aliphatic rings. The third-order valence-electron chi connectivity index (χ3n) is 15.9. The summed E-state index contributed by atoms with van der Waals surface area (Å²) in [7, 11) is 0. The predicted octanol–water partition coefficient (Wildman–Crippen LogP) is 11.5. The van der Waals surface area contributed by atoms with Crippen molar-refractivity contribution in [1.29, 1.82) is 5.26 Å². The number of likely N-dealkylation sites (tertiary alicyclic amines) is 1. The summed E-state index contributed by atoms with van der Waals surface area (Å²) < 4.78 is 36.5. The van der Waals surface area contributed by atoms with Crippen LogP contribution in [0, 0.1) is 23.1 Å². The lowest BCUT2D eigenvalue weighted by Crippen LogP contribution is -2.51. The van der Waals surface area contributed by atoms with Crippen LogP contribution < -0.4 is 30.7 Å². The van der Waals surface area contributed by atoms with Crippen LogP contribution >= 0.6 is 34.5 Å². The quantitative estimate of drug-likeness (QED) is 0.0816. The summed E-state index contributed by atoms with van der Waals surface area (Å²) >= 11 is 14.5. The highest BCUT2D eigenvalue weighted by Gasteiger charge is 2.37. The summed E-state index contributed by atoms with van der Waals surface area (Å²) in [4.78, 5) is 42.7. The van der Waals surface area contributed by atoms with E-state index in [0.717, 1.165) is 84.6 Å². The smallest absolute Gasteiger partial charge is 0.319 e. The van der Waals surface area contributed by atoms with Gasteiger partial charge in [-0.25, -0.2) is 9.07 Å². The molecular weight excluding hydrogens is 1100 g/mol. The second-order valence-corrected chi connectivity index (χ2v) is 23.6. The molecule has 4 saturated heterocycles. The van der Waals surface area contributed by atoms with Crippen molar-refractivity contribution >= 4 is 78.7 Å². The molecule has 8 aromatic rings. The molecule has 0 aliphatic carbocycles. The van der Waals surface area contributed by atoms with Crippen LogP contribution in [-0.2, 0) is 20.9 Å². The van der Waals surface area contributed by atoms with Gasteiger partial charge in [-0.3, -0.25) is 14.6 Å². The van der Waals surface area contributed by atoms with Gasteiger partial charge in [0.05, 0.1) is 51.5 Å². The van der Waals surface area contributed by atoms with E-state index in [4.69, 9.17) is 53.1 Å². The number of amides is 2. The Balaban J connectivity index is 0.000000334. The lowest BCUT2D eigenvalue weighted by Gasteiger charge is -2.34. The number of thiophene rings is 1. The maximum absolute atomic E-state index is 15.5. The minimum absolute atomic E-state index is 0.00393. The number of fused-ring (bicyclic) bond motifs is 4. The number of anilines is 2. The second kappa shape index (κ2) is 24.5. The molecule has 82 heavy (non-hydrogen) atoms. The van der Waals surface area contributed by atoms with E-state index >= 15 is 4.39 Å². The first-order chi connectivity index (χ1) is 39.8. The fraction of sp³-hybridized carbons (Fsp3) is 0.377. The van der Waals surface area contributed by atoms with Gasteiger partial charge in [-0.15, -0.1) is 16.4 Å². The molecule has 5 atom stereocenters. The van der Waals surface area contributed by atoms with Crippen LogP contribution in [0.15, 0.2) is 91.3 Å². The number of pyridine rings is 1. The molecule has 4 aromatic carbocycles. The maximum atomic E-state index is 15.5. The fourth-order valence-corrected chi connectivity index (χ4v) is 13.1. The van der Waals surface area contributed by atoms with Crippen molar-refractivity contribution in [3.63, 3.8) is 0 Å². The van der Waals surface area contributed by atoms with Crippen LogP contribution in [-0.4, -0.2) is 104 Å². The van der Waals surface area contributed by atoms with Gasteiger partial charge in [0.1, 0.15) is 52.7 Å². The monoisotopic (exact) mass is 1160 g/mol. The van der Waals surface area contributed by atoms with Gasteiger partial charge in [-0.05, 0) is 86.4 Å². The van der Waals surface area contributed by atoms with Crippen molar-refractivity contribution in [3.8, 4) is 51.5 Å². The third kappa shape index (κ3) is 11.6. The van der Waals surface area contributed by atoms with E-state index in [-0.39, 0.29) is 57.9 Å². The van der Waals surface area contributed by atoms with E-state index in [2.05, 4.69) is 43.8 Å². The van der Waals surface area contributed by atoms with Gasteiger partial charge < -0.3 is 40.4 Å². The first-order valence-corrected chi connectivity index (χ1v) is 29.4. The molecule has 2 bridgehead atoms. The SMILES string of the molecule is CC(C)C(C(=O)N1CCCC1C)n1cc(-c2ccc(COc3c(-c4ccc(F)c5sc(N)c(C#N)c45)c(Cl)cc4c(N5CC6CCC(C5)N6)nc(OC5CCOCC5)nc34)cc2)nn1.CC(NC=O)c1ccc(-c2ncccc2Cl)cc1. The molecule has 21 heteroatoms. The minimum Gasteiger partial charge on any atom is -0.486 e. The standard InChI is InChI=1S/C47H50ClFN10O4S.C14H13ClN2O/c1-25(2)41(46(60)58-16-4-5-26(58)3)59-23-37(55-56-59)28-8-6-27(7-9-28)24-62-42-39(32-12-13-36(49)43-38(32)34(20-50)44(51)64-43)35(48)19-33-40(42)53-47(63-31-14-17-61-18-15-31)54-45(33)57-21-29-10-11-30(22-57)52-29;1-10(17-9-18)11-4-6-12(7-5-11)14-13(15)3-2-8-16-14/h6-9,12-13,19,23,25-26,29-31,41,52H,4-5,10-11,14-18,21-22,24,51H2,1-3H3;2-10H,1H3,(H,17,18). The molecule has 12 rings (SSSR count). The molecule has 424 valence electrons. The summed E-state index contributed by atoms with van der Waals surface area (Å²) in [6.45, 7) is 11.6. The molecule has 4 N–H and O–H groups in total. The van der Waals surface area contributed by atoms with Crippen LogP contribution in [0.5, 0.6) is 11.8 Å². The van der Waals surface area contributed by atoms with Crippen LogP contribution in [0.25, 0.3) is 54.6 Å². The molecule has 2 amide bonds. The molecule has 0 spiro atoms. The first-order valence-electron chi connectivity index (χ1n) is 27.8. The number of nitrogens with one attached hydrogen (secondary N) is 2. The van der Waals surface area contributed by atoms with Gasteiger partial charge >= 0.3 is 6.01 Å². The molecule has 4 aliphatic heterocycles. The largest absolute Gasteiger partial charge is 0.486 e. The number of benzene rings is 4. The molecule has 4 fully saturated rings. The summed E-state index contributed by atoms with van der Waals surface area (Å²) in [6, 6.07) is 26.9. The summed E-state index contributed by atoms with van der Waals surface area (Å²) in [5.41, 5.74) is 13.0. The van der Waals surface area contributed by atoms with Gasteiger partial charge in [0.2, 0.25) is 12.3 Å². The minimum atomic E-state index is -0.492. The number of piperazine rings is 1. The molecule has 0 radical (unpaired) electrons. The number of ether oxygens (including phenoxy) is 3. The summed E-state index contributed by atoms with van der Waals surface area (Å²) in [5.74, 6) is 0.637. The number of nitrogen functional groups attached to an aromatic ring is 1. The van der Waals surface area contributed by atoms with Crippen molar-refractivity contribution in [2.45, 2.75) is 109 Å². The van der Waals surface area contributed by atoms with Crippen molar-refractivity contribution in [3.05, 3.63) is 124 Å². The Hall–Kier alpha value is -7.47. The van der Waals surface area contributed by atoms with E-state index in [1.807, 2.05) is 92.5 Å². The number of nitrogens with zero attached hydrogens (tertiary/aromatic N) is 9. The van der Waals surface area contributed by atoms with Crippen LogP contribution in [0.3, 0.4) is 0 Å². The molecule has 4 aromatic heterocycles. The zero-order valence-corrected chi connectivity index (χ0v) is 48.3. The molecule has 17 nitrogen and oxygen atoms in total. The van der Waals surface area contributed by atoms with Crippen LogP contribution in [0.4, 0.5) is 15.2 Å². The Bertz CT molecular complexity index is 3670. The van der Waals surface area contributed by atoms with E-state index in [0.29, 0.717) is 99.3 Å². The summed E-state index contributed by atoms with van der Waals surface area (Å²) in [5, 5.41) is 27.8. The number of carbonyl (C=O) groups excluding carboxylic acids is 2. The Morgan fingerprint density at radius 2 is 1.73 bits per heavy atom. The van der Waals surface area contributed by atoms with Crippen LogP contribution in [0.2, 0.25) is 10.0 Å². The predicted molar refractivity (Wildman–Crippen MR) is 317 cm³/mol. The third-order valence-corrected chi connectivity index (χ3v) is 17.6. The Morgan fingerprint density at radius 3 is 2.41 bits per heavy atom. The van der Waals surface area contributed by atoms with Crippen LogP contribution in [0.1, 0.15) is 95.0 Å². The Morgan fingerprint density at radius 1 is 0.988 bits per heavy atom. The number of carbonyl (C=O) groups is 2. The van der Waals surface area contributed by atoms with Crippen molar-refractivity contribution in [2.24, 2.45) is 5.92 Å². The zero-order chi connectivity index (χ0) is 57.2. The summed E-state index contributed by atoms with van der Waals surface area (Å²) in [6.07, 6.45) is 9.69. The molecule has 5 unspecified atom stereocenters. The van der Waals surface area contributed by atoms with E-state index in [1.54, 1.807) is 23.0 Å². The second-order valence-electron chi connectivity index (χ2n) is 21.8. The normalized spacial score (nSPS) is 18.7. The average molecular weight is 1170 g/mol. The number of nitriles is 1. The van der Waals surface area contributed by atoms with E-state index in [1.165, 1.54) is 6.07 Å². The highest BCUT2D eigenvalue weighted by molar-refractivity contribution is 7.23. The van der Waals surface area contributed by atoms with Gasteiger partial charge in [-0.1, -0.05) is 96.9 Å². The molecule has 8 heterocycles. The van der Waals surface area contributed by atoms with Gasteiger partial charge in [0.25, 0.3) is 0 Å². The van der Waals surface area contributed by atoms with Crippen molar-refractivity contribution in [2.75, 3.05) is 43.5 Å². The number of hydrogen-bond acceptors (Lipinski definition) is 15. The van der Waals surface area contributed by atoms with E-state index in [9.17, 15) is 14.9 Å². The van der Waals surface area contributed by atoms with Gasteiger partial charge in [-0.2, -0.15) is 15.2 Å². The maximum Gasteiger partial charge on any atom is 0.319 e. The topological polar surface area (TPSA) is 212 Å². The lowest BCUT2D eigenvalue weighted by molar-refractivity contribution is -0.137. The number of hydrogen-bond donors (Lipinski definition) is 3.